The lowest BCUT2D eigenvalue weighted by atomic mass is 10.1. The summed E-state index contributed by atoms with van der Waals surface area (Å²) < 4.78 is 0. The highest BCUT2D eigenvalue weighted by Crippen LogP contribution is 2.20. The third-order valence-electron chi connectivity index (χ3n) is 3.37. The predicted molar refractivity (Wildman–Crippen MR) is 91.7 cm³/mol. The van der Waals surface area contributed by atoms with Crippen molar-refractivity contribution in [2.75, 3.05) is 5.32 Å². The molecule has 3 aromatic rings. The van der Waals surface area contributed by atoms with Crippen molar-refractivity contribution >= 4 is 17.6 Å². The van der Waals surface area contributed by atoms with Crippen LogP contribution in [0.5, 0.6) is 0 Å². The van der Waals surface area contributed by atoms with E-state index in [9.17, 15) is 4.79 Å². The predicted octanol–water partition coefficient (Wildman–Crippen LogP) is 3.14. The summed E-state index contributed by atoms with van der Waals surface area (Å²) >= 11 is 0. The second-order valence-electron chi connectivity index (χ2n) is 5.03. The number of pyridine rings is 1. The Morgan fingerprint density at radius 2 is 2.04 bits per heavy atom. The van der Waals surface area contributed by atoms with Gasteiger partial charge in [0.05, 0.1) is 5.69 Å². The van der Waals surface area contributed by atoms with E-state index in [1.54, 1.807) is 24.5 Å². The minimum absolute atomic E-state index is 0.165. The first-order valence-corrected chi connectivity index (χ1v) is 7.22. The lowest BCUT2D eigenvalue weighted by Crippen LogP contribution is -2.09. The van der Waals surface area contributed by atoms with Crippen LogP contribution in [0.25, 0.3) is 6.08 Å². The highest BCUT2D eigenvalue weighted by molar-refractivity contribution is 5.61. The van der Waals surface area contributed by atoms with Crippen molar-refractivity contribution in [1.29, 1.82) is 0 Å². The highest BCUT2D eigenvalue weighted by atomic mass is 16.1. The molecule has 5 nitrogen and oxygen atoms in total. The van der Waals surface area contributed by atoms with Crippen LogP contribution in [0.1, 0.15) is 17.0 Å². The number of nitrogens with one attached hydrogen (secondary N) is 2. The van der Waals surface area contributed by atoms with E-state index < -0.39 is 0 Å². The molecule has 2 aromatic heterocycles. The average molecular weight is 304 g/mol. The summed E-state index contributed by atoms with van der Waals surface area (Å²) in [4.78, 5) is 22.8. The maximum absolute atomic E-state index is 11.7. The summed E-state index contributed by atoms with van der Waals surface area (Å²) in [6.07, 6.45) is 5.66. The van der Waals surface area contributed by atoms with Gasteiger partial charge in [0.2, 0.25) is 5.56 Å². The number of benzene rings is 1. The van der Waals surface area contributed by atoms with Crippen molar-refractivity contribution in [2.45, 2.75) is 6.42 Å². The standard InChI is InChI=1S/C18H16N4O/c1-2-16-19-9-8-17(22-16)21-15-11-18(23)20-12-14(15)10-13-6-4-3-5-7-13/h2-9,11-12H,1,10H2,(H2,19,20,21,22,23). The first kappa shape index (κ1) is 14.7. The minimum Gasteiger partial charge on any atom is -0.340 e. The lowest BCUT2D eigenvalue weighted by molar-refractivity contribution is 1.10. The van der Waals surface area contributed by atoms with Crippen LogP contribution in [0.2, 0.25) is 0 Å². The van der Waals surface area contributed by atoms with Gasteiger partial charge in [0.15, 0.2) is 5.82 Å². The number of hydrogen-bond donors (Lipinski definition) is 2. The van der Waals surface area contributed by atoms with Crippen molar-refractivity contribution in [1.82, 2.24) is 15.0 Å². The zero-order chi connectivity index (χ0) is 16.1. The van der Waals surface area contributed by atoms with E-state index in [4.69, 9.17) is 0 Å². The minimum atomic E-state index is -0.165. The Hall–Kier alpha value is -3.21. The van der Waals surface area contributed by atoms with Crippen LogP contribution in [-0.4, -0.2) is 15.0 Å². The number of H-pyrrole nitrogens is 1. The van der Waals surface area contributed by atoms with Crippen LogP contribution < -0.4 is 10.9 Å². The van der Waals surface area contributed by atoms with Gasteiger partial charge in [-0.3, -0.25) is 4.79 Å². The van der Waals surface area contributed by atoms with Gasteiger partial charge >= 0.3 is 0 Å². The van der Waals surface area contributed by atoms with E-state index in [-0.39, 0.29) is 5.56 Å². The van der Waals surface area contributed by atoms with Gasteiger partial charge in [-0.2, -0.15) is 0 Å². The maximum atomic E-state index is 11.7. The largest absolute Gasteiger partial charge is 0.340 e. The van der Waals surface area contributed by atoms with Gasteiger partial charge in [-0.05, 0) is 23.3 Å². The smallest absolute Gasteiger partial charge is 0.250 e. The fraction of sp³-hybridized carbons (Fsp3) is 0.0556. The third kappa shape index (κ3) is 3.71. The van der Waals surface area contributed by atoms with Crippen LogP contribution in [0, 0.1) is 0 Å². The highest BCUT2D eigenvalue weighted by Gasteiger charge is 2.06. The Morgan fingerprint density at radius 3 is 2.83 bits per heavy atom. The summed E-state index contributed by atoms with van der Waals surface area (Å²) in [6, 6.07) is 13.4. The van der Waals surface area contributed by atoms with E-state index in [0.29, 0.717) is 18.1 Å². The van der Waals surface area contributed by atoms with E-state index >= 15 is 0 Å². The lowest BCUT2D eigenvalue weighted by Gasteiger charge is -2.11. The first-order chi connectivity index (χ1) is 11.2. The topological polar surface area (TPSA) is 70.7 Å². The Bertz CT molecular complexity index is 871. The summed E-state index contributed by atoms with van der Waals surface area (Å²) in [7, 11) is 0. The molecule has 23 heavy (non-hydrogen) atoms. The third-order valence-corrected chi connectivity index (χ3v) is 3.37. The fourth-order valence-electron chi connectivity index (χ4n) is 2.26. The van der Waals surface area contributed by atoms with E-state index in [1.807, 2.05) is 18.2 Å². The molecule has 0 radical (unpaired) electrons. The SMILES string of the molecule is C=Cc1nccc(Nc2cc(=O)[nH]cc2Cc2ccccc2)n1. The monoisotopic (exact) mass is 304 g/mol. The van der Waals surface area contributed by atoms with Crippen LogP contribution in [-0.2, 0) is 6.42 Å². The van der Waals surface area contributed by atoms with Crippen molar-refractivity contribution in [3.8, 4) is 0 Å². The van der Waals surface area contributed by atoms with Gasteiger partial charge in [-0.25, -0.2) is 9.97 Å². The van der Waals surface area contributed by atoms with Gasteiger partial charge in [0.25, 0.3) is 0 Å². The van der Waals surface area contributed by atoms with Crippen LogP contribution in [0.15, 0.2) is 66.2 Å². The first-order valence-electron chi connectivity index (χ1n) is 7.22. The fourth-order valence-corrected chi connectivity index (χ4v) is 2.26. The molecule has 1 aromatic carbocycles. The summed E-state index contributed by atoms with van der Waals surface area (Å²) in [5, 5.41) is 3.19. The van der Waals surface area contributed by atoms with Gasteiger partial charge in [0.1, 0.15) is 5.82 Å². The Kier molecular flexibility index (Phi) is 4.29. The van der Waals surface area contributed by atoms with Crippen LogP contribution in [0.4, 0.5) is 11.5 Å². The van der Waals surface area contributed by atoms with Crippen molar-refractivity contribution in [3.63, 3.8) is 0 Å². The Balaban J connectivity index is 1.92. The molecule has 0 saturated heterocycles. The molecule has 3 rings (SSSR count). The molecular formula is C18H16N4O. The molecule has 114 valence electrons. The van der Waals surface area contributed by atoms with Gasteiger partial charge in [0, 0.05) is 24.9 Å². The second-order valence-corrected chi connectivity index (χ2v) is 5.03. The molecule has 0 bridgehead atoms. The molecule has 0 unspecified atom stereocenters. The number of hydrogen-bond acceptors (Lipinski definition) is 4. The van der Waals surface area contributed by atoms with Gasteiger partial charge in [-0.1, -0.05) is 36.9 Å². The maximum Gasteiger partial charge on any atom is 0.250 e. The normalized spacial score (nSPS) is 10.3. The Morgan fingerprint density at radius 1 is 1.22 bits per heavy atom. The average Bonchev–Trinajstić information content (AvgIpc) is 2.58. The molecule has 5 heteroatoms. The molecule has 0 saturated carbocycles. The van der Waals surface area contributed by atoms with Gasteiger partial charge < -0.3 is 10.3 Å². The van der Waals surface area contributed by atoms with Crippen molar-refractivity contribution in [2.24, 2.45) is 0 Å². The molecule has 0 fully saturated rings. The van der Waals surface area contributed by atoms with E-state index in [1.165, 1.54) is 6.07 Å². The number of aromatic amines is 1. The summed E-state index contributed by atoms with van der Waals surface area (Å²) in [5.41, 5.74) is 2.71. The molecule has 0 aliphatic carbocycles. The zero-order valence-electron chi connectivity index (χ0n) is 12.5. The summed E-state index contributed by atoms with van der Waals surface area (Å²) in [5.74, 6) is 1.15. The molecule has 0 aliphatic heterocycles. The van der Waals surface area contributed by atoms with Crippen LogP contribution in [0.3, 0.4) is 0 Å². The number of anilines is 2. The molecule has 0 amide bonds. The molecular weight excluding hydrogens is 288 g/mol. The van der Waals surface area contributed by atoms with Crippen molar-refractivity contribution < 1.29 is 0 Å². The molecule has 0 spiro atoms. The number of rotatable bonds is 5. The Labute approximate surface area is 133 Å². The molecule has 2 N–H and O–H groups in total. The van der Waals surface area contributed by atoms with E-state index in [0.717, 1.165) is 16.8 Å². The van der Waals surface area contributed by atoms with Gasteiger partial charge in [-0.15, -0.1) is 0 Å². The molecule has 0 aliphatic rings. The molecule has 2 heterocycles. The zero-order valence-corrected chi connectivity index (χ0v) is 12.5. The second kappa shape index (κ2) is 6.70. The van der Waals surface area contributed by atoms with Crippen molar-refractivity contribution in [3.05, 3.63) is 88.7 Å². The quantitative estimate of drug-likeness (QED) is 0.759. The van der Waals surface area contributed by atoms with E-state index in [2.05, 4.69) is 39.0 Å². The summed E-state index contributed by atoms with van der Waals surface area (Å²) in [6.45, 7) is 3.66. The number of nitrogens with zero attached hydrogens (tertiary/aromatic N) is 2. The number of aromatic nitrogens is 3. The van der Waals surface area contributed by atoms with Crippen LogP contribution >= 0.6 is 0 Å². The molecule has 0 atom stereocenters.